The van der Waals surface area contributed by atoms with E-state index in [-0.39, 0.29) is 30.8 Å². The third-order valence-electron chi connectivity index (χ3n) is 7.64. The molecule has 4 aromatic rings. The van der Waals surface area contributed by atoms with E-state index in [0.29, 0.717) is 50.6 Å². The van der Waals surface area contributed by atoms with E-state index < -0.39 is 35.2 Å². The number of amides is 1. The van der Waals surface area contributed by atoms with Gasteiger partial charge in [0.15, 0.2) is 0 Å². The van der Waals surface area contributed by atoms with Gasteiger partial charge in [-0.1, -0.05) is 13.8 Å². The lowest BCUT2D eigenvalue weighted by molar-refractivity contribution is -0.151. The first-order valence-electron chi connectivity index (χ1n) is 14.5. The molecule has 1 amide bonds. The average molecular weight is 638 g/mol. The third kappa shape index (κ3) is 6.87. The number of halogens is 1. The molecule has 3 N–H and O–H groups in total. The molecule has 45 heavy (non-hydrogen) atoms. The van der Waals surface area contributed by atoms with Gasteiger partial charge in [0.25, 0.3) is 5.91 Å². The summed E-state index contributed by atoms with van der Waals surface area (Å²) in [6, 6.07) is 15.5. The van der Waals surface area contributed by atoms with Crippen LogP contribution in [0, 0.1) is 11.7 Å². The molecule has 12 heteroatoms. The van der Waals surface area contributed by atoms with Crippen molar-refractivity contribution < 1.29 is 36.8 Å². The minimum absolute atomic E-state index is 0.0596. The maximum atomic E-state index is 13.3. The quantitative estimate of drug-likeness (QED) is 0.231. The second-order valence-corrected chi connectivity index (χ2v) is 12.4. The molecule has 0 saturated carbocycles. The second kappa shape index (κ2) is 13.4. The molecule has 4 atom stereocenters. The standard InChI is InChI=1S/C33H36FN3O7S/c1-18(2)30(35)33(39)41-17-24-16-37(45(5)40)27-15-28-26(14-25(27)19(3)42-24)29(32(38)36-4)31(44-28)20-6-10-22(11-7-20)43-23-12-8-21(34)9-13-23/h6-15,18-19,24,30H,16-17,35H2,1-5H3,(H,36,38). The summed E-state index contributed by atoms with van der Waals surface area (Å²) >= 11 is 0. The number of furan rings is 1. The number of benzene rings is 3. The first kappa shape index (κ1) is 32.1. The van der Waals surface area contributed by atoms with E-state index in [2.05, 4.69) is 5.32 Å². The molecule has 0 fully saturated rings. The highest BCUT2D eigenvalue weighted by Gasteiger charge is 2.33. The monoisotopic (exact) mass is 637 g/mol. The van der Waals surface area contributed by atoms with Crippen molar-refractivity contribution in [1.82, 2.24) is 5.32 Å². The lowest BCUT2D eigenvalue weighted by Gasteiger charge is -2.24. The largest absolute Gasteiger partial charge is 0.462 e. The molecule has 0 aliphatic carbocycles. The molecule has 0 saturated heterocycles. The number of carbonyl (C=O) groups excluding carboxylic acids is 2. The van der Waals surface area contributed by atoms with E-state index in [9.17, 15) is 18.2 Å². The van der Waals surface area contributed by atoms with E-state index in [4.69, 9.17) is 24.4 Å². The smallest absolute Gasteiger partial charge is 0.323 e. The number of hydrogen-bond donors (Lipinski definition) is 2. The number of rotatable bonds is 9. The van der Waals surface area contributed by atoms with Crippen molar-refractivity contribution in [2.24, 2.45) is 11.7 Å². The Morgan fingerprint density at radius 1 is 1.11 bits per heavy atom. The predicted molar refractivity (Wildman–Crippen MR) is 170 cm³/mol. The SMILES string of the molecule is CNC(=O)c1c(-c2ccc(Oc3ccc(F)cc3)cc2)oc2cc3c(cc12)C(C)OC(COC(=O)C(N)C(C)C)CN3S(C)=O. The Balaban J connectivity index is 1.49. The van der Waals surface area contributed by atoms with E-state index in [1.54, 1.807) is 47.9 Å². The van der Waals surface area contributed by atoms with Gasteiger partial charge in [0, 0.05) is 35.9 Å². The summed E-state index contributed by atoms with van der Waals surface area (Å²) in [5, 5.41) is 3.25. The average Bonchev–Trinajstić information content (AvgIpc) is 3.33. The van der Waals surface area contributed by atoms with E-state index in [0.717, 1.165) is 0 Å². The van der Waals surface area contributed by atoms with Crippen molar-refractivity contribution >= 4 is 39.5 Å². The maximum absolute atomic E-state index is 13.3. The molecule has 238 valence electrons. The van der Waals surface area contributed by atoms with Gasteiger partial charge in [-0.25, -0.2) is 8.60 Å². The molecule has 5 rings (SSSR count). The Hall–Kier alpha value is -4.26. The molecule has 1 aromatic heterocycles. The van der Waals surface area contributed by atoms with Crippen molar-refractivity contribution in [3.63, 3.8) is 0 Å². The molecule has 1 aliphatic heterocycles. The van der Waals surface area contributed by atoms with Gasteiger partial charge in [-0.2, -0.15) is 0 Å². The lowest BCUT2D eigenvalue weighted by Crippen LogP contribution is -2.41. The molecular weight excluding hydrogens is 601 g/mol. The highest BCUT2D eigenvalue weighted by molar-refractivity contribution is 7.85. The molecule has 0 radical (unpaired) electrons. The summed E-state index contributed by atoms with van der Waals surface area (Å²) in [6.45, 7) is 5.64. The molecule has 1 aliphatic rings. The van der Waals surface area contributed by atoms with Gasteiger partial charge in [0.2, 0.25) is 0 Å². The van der Waals surface area contributed by atoms with Crippen LogP contribution < -0.4 is 20.1 Å². The Kier molecular flexibility index (Phi) is 9.56. The number of ether oxygens (including phenoxy) is 3. The zero-order valence-electron chi connectivity index (χ0n) is 25.7. The topological polar surface area (TPSA) is 133 Å². The van der Waals surface area contributed by atoms with Crippen LogP contribution >= 0.6 is 0 Å². The second-order valence-electron chi connectivity index (χ2n) is 11.2. The summed E-state index contributed by atoms with van der Waals surface area (Å²) in [4.78, 5) is 25.6. The summed E-state index contributed by atoms with van der Waals surface area (Å²) in [5.41, 5.74) is 8.64. The van der Waals surface area contributed by atoms with Crippen molar-refractivity contribution in [2.75, 3.05) is 30.8 Å². The van der Waals surface area contributed by atoms with Crippen LogP contribution in [0.4, 0.5) is 10.1 Å². The highest BCUT2D eigenvalue weighted by Crippen LogP contribution is 2.42. The first-order valence-corrected chi connectivity index (χ1v) is 16.0. The fraction of sp³-hybridized carbons (Fsp3) is 0.333. The van der Waals surface area contributed by atoms with Crippen molar-refractivity contribution in [3.8, 4) is 22.8 Å². The van der Waals surface area contributed by atoms with Crippen LogP contribution in [-0.4, -0.2) is 54.7 Å². The van der Waals surface area contributed by atoms with Crippen LogP contribution in [0.15, 0.2) is 65.1 Å². The van der Waals surface area contributed by atoms with E-state index >= 15 is 0 Å². The minimum Gasteiger partial charge on any atom is -0.462 e. The fourth-order valence-electron chi connectivity index (χ4n) is 5.12. The van der Waals surface area contributed by atoms with Crippen molar-refractivity contribution in [1.29, 1.82) is 0 Å². The van der Waals surface area contributed by atoms with E-state index in [1.807, 2.05) is 26.8 Å². The summed E-state index contributed by atoms with van der Waals surface area (Å²) in [6.07, 6.45) is 0.468. The summed E-state index contributed by atoms with van der Waals surface area (Å²) in [7, 11) is 0.0736. The fourth-order valence-corrected chi connectivity index (χ4v) is 5.94. The van der Waals surface area contributed by atoms with Crippen molar-refractivity contribution in [2.45, 2.75) is 39.0 Å². The highest BCUT2D eigenvalue weighted by atomic mass is 32.2. The molecule has 0 spiro atoms. The lowest BCUT2D eigenvalue weighted by atomic mass is 10.0. The van der Waals surface area contributed by atoms with Crippen LogP contribution in [0.5, 0.6) is 11.5 Å². The number of carbonyl (C=O) groups is 2. The number of nitrogens with one attached hydrogen (secondary N) is 1. The third-order valence-corrected chi connectivity index (χ3v) is 8.61. The molecule has 10 nitrogen and oxygen atoms in total. The van der Waals surface area contributed by atoms with Gasteiger partial charge in [-0.15, -0.1) is 0 Å². The Morgan fingerprint density at radius 2 is 1.76 bits per heavy atom. The van der Waals surface area contributed by atoms with Gasteiger partial charge in [-0.3, -0.25) is 13.9 Å². The first-order chi connectivity index (χ1) is 21.5. The molecular formula is C33H36FN3O7S. The number of nitrogens with zero attached hydrogens (tertiary/aromatic N) is 1. The van der Waals surface area contributed by atoms with Crippen LogP contribution in [0.3, 0.4) is 0 Å². The van der Waals surface area contributed by atoms with Gasteiger partial charge in [0.05, 0.1) is 23.9 Å². The van der Waals surface area contributed by atoms with E-state index in [1.165, 1.54) is 24.3 Å². The molecule has 0 bridgehead atoms. The Labute approximate surface area is 263 Å². The number of anilines is 1. The van der Waals surface area contributed by atoms with Gasteiger partial charge in [-0.05, 0) is 67.4 Å². The van der Waals surface area contributed by atoms with Crippen LogP contribution in [-0.2, 0) is 25.3 Å². The van der Waals surface area contributed by atoms with Gasteiger partial charge < -0.3 is 29.7 Å². The zero-order valence-corrected chi connectivity index (χ0v) is 26.5. The van der Waals surface area contributed by atoms with Crippen LogP contribution in [0.25, 0.3) is 22.3 Å². The normalized spacial score (nSPS) is 17.8. The predicted octanol–water partition coefficient (Wildman–Crippen LogP) is 5.48. The van der Waals surface area contributed by atoms with Gasteiger partial charge >= 0.3 is 5.97 Å². The Bertz CT molecular complexity index is 1720. The maximum Gasteiger partial charge on any atom is 0.323 e. The molecule has 2 heterocycles. The summed E-state index contributed by atoms with van der Waals surface area (Å²) < 4.78 is 51.8. The number of esters is 1. The summed E-state index contributed by atoms with van der Waals surface area (Å²) in [5.74, 6) is 0.0350. The number of nitrogens with two attached hydrogens (primary N) is 1. The Morgan fingerprint density at radius 3 is 2.36 bits per heavy atom. The number of fused-ring (bicyclic) bond motifs is 2. The molecule has 4 unspecified atom stereocenters. The van der Waals surface area contributed by atoms with Gasteiger partial charge in [0.1, 0.15) is 58.4 Å². The minimum atomic E-state index is -1.47. The van der Waals surface area contributed by atoms with Crippen molar-refractivity contribution in [3.05, 3.63) is 77.6 Å². The van der Waals surface area contributed by atoms with Crippen LogP contribution in [0.2, 0.25) is 0 Å². The van der Waals surface area contributed by atoms with Crippen LogP contribution in [0.1, 0.15) is 42.8 Å². The molecule has 3 aromatic carbocycles. The zero-order chi connectivity index (χ0) is 32.4. The number of hydrogen-bond acceptors (Lipinski definition) is 8.